The molecule has 0 unspecified atom stereocenters. The second kappa shape index (κ2) is 8.43. The molecule has 0 spiro atoms. The van der Waals surface area contributed by atoms with Crippen LogP contribution in [0.25, 0.3) is 44.6 Å². The third-order valence-electron chi connectivity index (χ3n) is 7.64. The lowest BCUT2D eigenvalue weighted by Gasteiger charge is -2.24. The van der Waals surface area contributed by atoms with Gasteiger partial charge in [-0.1, -0.05) is 67.6 Å². The van der Waals surface area contributed by atoms with Crippen LogP contribution in [0, 0.1) is 0 Å². The zero-order valence-electron chi connectivity index (χ0n) is 21.5. The summed E-state index contributed by atoms with van der Waals surface area (Å²) in [7, 11) is 0. The Kier molecular flexibility index (Phi) is 4.73. The van der Waals surface area contributed by atoms with Crippen molar-refractivity contribution in [3.05, 3.63) is 127 Å². The number of anilines is 3. The van der Waals surface area contributed by atoms with Crippen LogP contribution in [0.1, 0.15) is 12.7 Å². The molecule has 0 saturated carbocycles. The molecule has 0 bridgehead atoms. The third kappa shape index (κ3) is 3.20. The van der Waals surface area contributed by atoms with E-state index < -0.39 is 0 Å². The molecule has 39 heavy (non-hydrogen) atoms. The zero-order valence-corrected chi connectivity index (χ0v) is 21.5. The SMILES string of the molecule is CCc1nc2ccccc2n1-c1ccc(N2c3ccccc3-c3ccccc3-n3c2nc2ccccc23)cc1. The number of hydrogen-bond donors (Lipinski definition) is 0. The third-order valence-corrected chi connectivity index (χ3v) is 7.64. The molecule has 3 heterocycles. The van der Waals surface area contributed by atoms with Crippen molar-refractivity contribution in [1.29, 1.82) is 0 Å². The van der Waals surface area contributed by atoms with Crippen molar-refractivity contribution in [3.8, 4) is 22.5 Å². The van der Waals surface area contributed by atoms with Gasteiger partial charge in [0.15, 0.2) is 0 Å². The highest BCUT2D eigenvalue weighted by Crippen LogP contribution is 2.47. The fourth-order valence-corrected chi connectivity index (χ4v) is 5.91. The van der Waals surface area contributed by atoms with Gasteiger partial charge in [-0.15, -0.1) is 0 Å². The van der Waals surface area contributed by atoms with Crippen LogP contribution in [0.5, 0.6) is 0 Å². The second-order valence-corrected chi connectivity index (χ2v) is 9.83. The first-order chi connectivity index (χ1) is 19.3. The fraction of sp³-hybridized carbons (Fsp3) is 0.0588. The summed E-state index contributed by atoms with van der Waals surface area (Å²) in [6.07, 6.45) is 0.859. The largest absolute Gasteiger partial charge is 0.296 e. The van der Waals surface area contributed by atoms with E-state index in [1.54, 1.807) is 0 Å². The predicted molar refractivity (Wildman–Crippen MR) is 159 cm³/mol. The molecular formula is C34H25N5. The molecule has 7 aromatic rings. The van der Waals surface area contributed by atoms with Crippen LogP contribution in [0.3, 0.4) is 0 Å². The lowest BCUT2D eigenvalue weighted by Crippen LogP contribution is -2.14. The zero-order chi connectivity index (χ0) is 25.9. The Labute approximate surface area is 226 Å². The van der Waals surface area contributed by atoms with Gasteiger partial charge in [-0.3, -0.25) is 14.0 Å². The highest BCUT2D eigenvalue weighted by atomic mass is 15.3. The molecule has 186 valence electrons. The highest BCUT2D eigenvalue weighted by molar-refractivity contribution is 5.96. The molecule has 0 amide bonds. The normalized spacial score (nSPS) is 12.3. The summed E-state index contributed by atoms with van der Waals surface area (Å²) < 4.78 is 4.55. The van der Waals surface area contributed by atoms with Crippen LogP contribution in [0.2, 0.25) is 0 Å². The van der Waals surface area contributed by atoms with E-state index in [9.17, 15) is 0 Å². The Morgan fingerprint density at radius 2 is 1.05 bits per heavy atom. The molecule has 0 radical (unpaired) electrons. The number of imidazole rings is 2. The molecule has 5 heteroatoms. The van der Waals surface area contributed by atoms with E-state index in [0.29, 0.717) is 0 Å². The van der Waals surface area contributed by atoms with Crippen LogP contribution >= 0.6 is 0 Å². The second-order valence-electron chi connectivity index (χ2n) is 9.83. The Balaban J connectivity index is 1.37. The van der Waals surface area contributed by atoms with Gasteiger partial charge in [0.1, 0.15) is 5.82 Å². The number of aromatic nitrogens is 4. The molecule has 5 nitrogen and oxygen atoms in total. The number of aryl methyl sites for hydroxylation is 1. The molecule has 0 fully saturated rings. The van der Waals surface area contributed by atoms with Gasteiger partial charge in [-0.05, 0) is 60.7 Å². The topological polar surface area (TPSA) is 38.9 Å². The van der Waals surface area contributed by atoms with Gasteiger partial charge in [-0.25, -0.2) is 9.97 Å². The summed E-state index contributed by atoms with van der Waals surface area (Å²) >= 11 is 0. The van der Waals surface area contributed by atoms with Gasteiger partial charge in [0.25, 0.3) is 0 Å². The minimum Gasteiger partial charge on any atom is -0.296 e. The summed E-state index contributed by atoms with van der Waals surface area (Å²) in [4.78, 5) is 12.3. The molecule has 2 aromatic heterocycles. The van der Waals surface area contributed by atoms with Crippen molar-refractivity contribution in [2.45, 2.75) is 13.3 Å². The van der Waals surface area contributed by atoms with Crippen LogP contribution < -0.4 is 4.90 Å². The fourth-order valence-electron chi connectivity index (χ4n) is 5.91. The molecule has 0 atom stereocenters. The van der Waals surface area contributed by atoms with Crippen LogP contribution in [-0.2, 0) is 6.42 Å². The van der Waals surface area contributed by atoms with Gasteiger partial charge in [0, 0.05) is 28.9 Å². The van der Waals surface area contributed by atoms with Gasteiger partial charge in [0.05, 0.1) is 33.4 Å². The van der Waals surface area contributed by atoms with Gasteiger partial charge in [-0.2, -0.15) is 0 Å². The van der Waals surface area contributed by atoms with Crippen molar-refractivity contribution in [2.75, 3.05) is 4.90 Å². The lowest BCUT2D eigenvalue weighted by molar-refractivity contribution is 0.908. The van der Waals surface area contributed by atoms with E-state index in [4.69, 9.17) is 9.97 Å². The predicted octanol–water partition coefficient (Wildman–Crippen LogP) is 8.38. The molecular weight excluding hydrogens is 478 g/mol. The van der Waals surface area contributed by atoms with Crippen molar-refractivity contribution in [1.82, 2.24) is 19.1 Å². The number of para-hydroxylation sites is 6. The first-order valence-electron chi connectivity index (χ1n) is 13.3. The summed E-state index contributed by atoms with van der Waals surface area (Å²) in [5.41, 5.74) is 11.0. The maximum atomic E-state index is 5.18. The van der Waals surface area contributed by atoms with Crippen molar-refractivity contribution in [2.24, 2.45) is 0 Å². The molecule has 1 aliphatic heterocycles. The smallest absolute Gasteiger partial charge is 0.220 e. The van der Waals surface area contributed by atoms with Crippen LogP contribution in [0.15, 0.2) is 121 Å². The standard InChI is InChI=1S/C34H25N5/c1-2-33-35-27-13-5-9-17-31(27)37(33)23-19-21-24(22-20-23)38-29-15-7-3-11-25(29)26-12-4-8-16-30(26)39-32-18-10-6-14-28(32)36-34(38)39/h3-22H,2H2,1H3. The maximum Gasteiger partial charge on any atom is 0.220 e. The molecule has 5 aromatic carbocycles. The molecule has 0 N–H and O–H groups in total. The number of benzene rings is 5. The number of rotatable bonds is 3. The van der Waals surface area contributed by atoms with E-state index in [1.165, 1.54) is 11.1 Å². The Morgan fingerprint density at radius 1 is 0.513 bits per heavy atom. The maximum absolute atomic E-state index is 5.18. The molecule has 8 rings (SSSR count). The lowest BCUT2D eigenvalue weighted by atomic mass is 10.0. The average Bonchev–Trinajstić information content (AvgIpc) is 3.53. The van der Waals surface area contributed by atoms with E-state index in [-0.39, 0.29) is 0 Å². The van der Waals surface area contributed by atoms with Gasteiger partial charge >= 0.3 is 0 Å². The summed E-state index contributed by atoms with van der Waals surface area (Å²) in [6, 6.07) is 42.7. The van der Waals surface area contributed by atoms with Crippen LogP contribution in [0.4, 0.5) is 17.3 Å². The molecule has 0 aliphatic carbocycles. The van der Waals surface area contributed by atoms with Gasteiger partial charge < -0.3 is 0 Å². The first kappa shape index (κ1) is 21.9. The van der Waals surface area contributed by atoms with E-state index >= 15 is 0 Å². The van der Waals surface area contributed by atoms with Gasteiger partial charge in [0.2, 0.25) is 5.95 Å². The Hall–Kier alpha value is -5.16. The number of nitrogens with zero attached hydrogens (tertiary/aromatic N) is 5. The minimum atomic E-state index is 0.859. The monoisotopic (exact) mass is 503 g/mol. The minimum absolute atomic E-state index is 0.859. The summed E-state index contributed by atoms with van der Waals surface area (Å²) in [5.74, 6) is 1.94. The van der Waals surface area contributed by atoms with Crippen molar-refractivity contribution >= 4 is 39.4 Å². The van der Waals surface area contributed by atoms with E-state index in [1.807, 2.05) is 6.07 Å². The molecule has 0 saturated heterocycles. The molecule has 1 aliphatic rings. The van der Waals surface area contributed by atoms with E-state index in [0.717, 1.165) is 63.0 Å². The quantitative estimate of drug-likeness (QED) is 0.243. The number of hydrogen-bond acceptors (Lipinski definition) is 3. The Bertz CT molecular complexity index is 2010. The summed E-state index contributed by atoms with van der Waals surface area (Å²) in [5, 5.41) is 0. The Morgan fingerprint density at radius 3 is 1.77 bits per heavy atom. The van der Waals surface area contributed by atoms with E-state index in [2.05, 4.69) is 136 Å². The van der Waals surface area contributed by atoms with Crippen molar-refractivity contribution in [3.63, 3.8) is 0 Å². The first-order valence-corrected chi connectivity index (χ1v) is 13.3. The summed E-state index contributed by atoms with van der Waals surface area (Å²) in [6.45, 7) is 2.16. The number of fused-ring (bicyclic) bond motifs is 8. The van der Waals surface area contributed by atoms with Crippen LogP contribution in [-0.4, -0.2) is 19.1 Å². The average molecular weight is 504 g/mol. The van der Waals surface area contributed by atoms with Crippen molar-refractivity contribution < 1.29 is 0 Å². The highest BCUT2D eigenvalue weighted by Gasteiger charge is 2.28.